The van der Waals surface area contributed by atoms with Crippen molar-refractivity contribution in [2.45, 2.75) is 0 Å². The van der Waals surface area contributed by atoms with E-state index in [4.69, 9.17) is 28.3 Å². The number of benzene rings is 1. The number of carbonyl (C=O) groups is 1. The van der Waals surface area contributed by atoms with Crippen LogP contribution in [0.3, 0.4) is 0 Å². The number of fused-ring (bicyclic) bond motifs is 1. The van der Waals surface area contributed by atoms with Gasteiger partial charge in [0.05, 0.1) is 21.1 Å². The third-order valence-corrected chi connectivity index (χ3v) is 2.81. The summed E-state index contributed by atoms with van der Waals surface area (Å²) in [6, 6.07) is 4.67. The maximum Gasteiger partial charge on any atom is 0.337 e. The molecule has 0 saturated heterocycles. The normalized spacial score (nSPS) is 10.5. The molecule has 0 amide bonds. The topological polar surface area (TPSA) is 50.2 Å². The lowest BCUT2D eigenvalue weighted by Crippen LogP contribution is -1.99. The minimum Gasteiger partial charge on any atom is -0.478 e. The highest BCUT2D eigenvalue weighted by Crippen LogP contribution is 2.32. The third-order valence-electron chi connectivity index (χ3n) is 2.01. The molecule has 2 rings (SSSR count). The van der Waals surface area contributed by atoms with Gasteiger partial charge in [-0.3, -0.25) is 4.98 Å². The van der Waals surface area contributed by atoms with Gasteiger partial charge in [0.2, 0.25) is 0 Å². The molecule has 0 atom stereocenters. The first-order chi connectivity index (χ1) is 7.11. The van der Waals surface area contributed by atoms with E-state index in [1.165, 1.54) is 12.3 Å². The molecule has 1 aromatic heterocycles. The lowest BCUT2D eigenvalue weighted by atomic mass is 10.1. The Labute approximate surface area is 95.3 Å². The first kappa shape index (κ1) is 10.2. The molecule has 3 nitrogen and oxygen atoms in total. The lowest BCUT2D eigenvalue weighted by molar-refractivity contribution is 0.0699. The summed E-state index contributed by atoms with van der Waals surface area (Å²) in [5, 5.41) is 10.0. The highest BCUT2D eigenvalue weighted by molar-refractivity contribution is 6.45. The van der Waals surface area contributed by atoms with Crippen molar-refractivity contribution >= 4 is 40.1 Å². The monoisotopic (exact) mass is 241 g/mol. The van der Waals surface area contributed by atoms with Crippen molar-refractivity contribution in [1.82, 2.24) is 4.98 Å². The zero-order chi connectivity index (χ0) is 11.0. The number of hydrogen-bond acceptors (Lipinski definition) is 2. The molecule has 0 radical (unpaired) electrons. The van der Waals surface area contributed by atoms with Gasteiger partial charge in [-0.25, -0.2) is 4.79 Å². The van der Waals surface area contributed by atoms with Crippen LogP contribution in [0, 0.1) is 0 Å². The standard InChI is InChI=1S/C10H5Cl2NO2/c11-7-4-6(10(14)15)9-5(8(7)12)2-1-3-13-9/h1-4H,(H,14,15). The average Bonchev–Trinajstić information content (AvgIpc) is 2.23. The largest absolute Gasteiger partial charge is 0.478 e. The highest BCUT2D eigenvalue weighted by atomic mass is 35.5. The zero-order valence-electron chi connectivity index (χ0n) is 7.37. The predicted octanol–water partition coefficient (Wildman–Crippen LogP) is 3.24. The summed E-state index contributed by atoms with van der Waals surface area (Å²) >= 11 is 11.8. The Hall–Kier alpha value is -1.32. The molecule has 5 heteroatoms. The van der Waals surface area contributed by atoms with E-state index < -0.39 is 5.97 Å². The molecule has 15 heavy (non-hydrogen) atoms. The minimum absolute atomic E-state index is 0.0556. The van der Waals surface area contributed by atoms with Crippen LogP contribution in [0.25, 0.3) is 10.9 Å². The summed E-state index contributed by atoms with van der Waals surface area (Å²) in [6.45, 7) is 0. The molecule has 76 valence electrons. The van der Waals surface area contributed by atoms with Crippen LogP contribution >= 0.6 is 23.2 Å². The van der Waals surface area contributed by atoms with Crippen LogP contribution in [-0.2, 0) is 0 Å². The maximum atomic E-state index is 10.9. The SMILES string of the molecule is O=C(O)c1cc(Cl)c(Cl)c2cccnc12. The van der Waals surface area contributed by atoms with E-state index in [-0.39, 0.29) is 10.6 Å². The molecule has 0 aliphatic heterocycles. The van der Waals surface area contributed by atoms with Crippen LogP contribution in [0.2, 0.25) is 10.0 Å². The van der Waals surface area contributed by atoms with Crippen molar-refractivity contribution in [1.29, 1.82) is 0 Å². The number of carboxylic acids is 1. The number of aromatic nitrogens is 1. The summed E-state index contributed by atoms with van der Waals surface area (Å²) in [7, 11) is 0. The minimum atomic E-state index is -1.07. The van der Waals surface area contributed by atoms with Crippen LogP contribution in [0.4, 0.5) is 0 Å². The second kappa shape index (κ2) is 3.68. The Bertz CT molecular complexity index is 554. The van der Waals surface area contributed by atoms with Crippen molar-refractivity contribution in [3.8, 4) is 0 Å². The quantitative estimate of drug-likeness (QED) is 0.834. The third kappa shape index (κ3) is 1.64. The van der Waals surface area contributed by atoms with Crippen LogP contribution < -0.4 is 0 Å². The van der Waals surface area contributed by atoms with Gasteiger partial charge in [-0.2, -0.15) is 0 Å². The molecule has 1 N–H and O–H groups in total. The number of hydrogen-bond donors (Lipinski definition) is 1. The fourth-order valence-electron chi connectivity index (χ4n) is 1.35. The molecule has 0 saturated carbocycles. The van der Waals surface area contributed by atoms with Crippen molar-refractivity contribution in [2.75, 3.05) is 0 Å². The molecule has 2 aromatic rings. The van der Waals surface area contributed by atoms with Crippen LogP contribution in [0.15, 0.2) is 24.4 Å². The van der Waals surface area contributed by atoms with E-state index in [2.05, 4.69) is 4.98 Å². The molecule has 0 unspecified atom stereocenters. The van der Waals surface area contributed by atoms with Crippen LogP contribution in [-0.4, -0.2) is 16.1 Å². The Kier molecular flexibility index (Phi) is 2.50. The Balaban J connectivity index is 2.94. The Morgan fingerprint density at radius 3 is 2.80 bits per heavy atom. The lowest BCUT2D eigenvalue weighted by Gasteiger charge is -2.05. The van der Waals surface area contributed by atoms with Gasteiger partial charge in [0.25, 0.3) is 0 Å². The van der Waals surface area contributed by atoms with E-state index in [1.807, 2.05) is 0 Å². The summed E-state index contributed by atoms with van der Waals surface area (Å²) in [4.78, 5) is 14.9. The molecular weight excluding hydrogens is 237 g/mol. The fourth-order valence-corrected chi connectivity index (χ4v) is 1.77. The average molecular weight is 242 g/mol. The molecule has 1 heterocycles. The number of pyridine rings is 1. The van der Waals surface area contributed by atoms with Gasteiger partial charge in [0, 0.05) is 11.6 Å². The molecular formula is C10H5Cl2NO2. The van der Waals surface area contributed by atoms with Gasteiger partial charge in [-0.05, 0) is 18.2 Å². The molecule has 0 bridgehead atoms. The molecule has 0 fully saturated rings. The number of aromatic carboxylic acids is 1. The predicted molar refractivity (Wildman–Crippen MR) is 58.7 cm³/mol. The van der Waals surface area contributed by atoms with Crippen molar-refractivity contribution in [2.24, 2.45) is 0 Å². The van der Waals surface area contributed by atoms with Crippen molar-refractivity contribution in [3.05, 3.63) is 40.0 Å². The van der Waals surface area contributed by atoms with E-state index in [0.717, 1.165) is 0 Å². The number of nitrogens with zero attached hydrogens (tertiary/aromatic N) is 1. The summed E-state index contributed by atoms with van der Waals surface area (Å²) in [5.41, 5.74) is 0.402. The van der Waals surface area contributed by atoms with E-state index in [9.17, 15) is 4.79 Å². The number of rotatable bonds is 1. The first-order valence-electron chi connectivity index (χ1n) is 4.07. The molecule has 1 aromatic carbocycles. The number of halogens is 2. The van der Waals surface area contributed by atoms with Gasteiger partial charge in [0.1, 0.15) is 0 Å². The molecule has 0 aliphatic rings. The molecule has 0 spiro atoms. The second-order valence-electron chi connectivity index (χ2n) is 2.92. The maximum absolute atomic E-state index is 10.9. The summed E-state index contributed by atoms with van der Waals surface area (Å²) in [6.07, 6.45) is 1.51. The Morgan fingerprint density at radius 1 is 1.40 bits per heavy atom. The highest BCUT2D eigenvalue weighted by Gasteiger charge is 2.14. The second-order valence-corrected chi connectivity index (χ2v) is 3.71. The van der Waals surface area contributed by atoms with E-state index in [0.29, 0.717) is 15.9 Å². The van der Waals surface area contributed by atoms with Gasteiger partial charge in [-0.1, -0.05) is 23.2 Å². The van der Waals surface area contributed by atoms with E-state index in [1.54, 1.807) is 12.1 Å². The molecule has 0 aliphatic carbocycles. The van der Waals surface area contributed by atoms with Crippen LogP contribution in [0.5, 0.6) is 0 Å². The Morgan fingerprint density at radius 2 is 2.13 bits per heavy atom. The number of carboxylic acid groups (broad SMARTS) is 1. The van der Waals surface area contributed by atoms with Gasteiger partial charge in [0.15, 0.2) is 0 Å². The van der Waals surface area contributed by atoms with E-state index >= 15 is 0 Å². The van der Waals surface area contributed by atoms with Gasteiger partial charge < -0.3 is 5.11 Å². The van der Waals surface area contributed by atoms with Crippen LogP contribution in [0.1, 0.15) is 10.4 Å². The van der Waals surface area contributed by atoms with Crippen molar-refractivity contribution in [3.63, 3.8) is 0 Å². The fraction of sp³-hybridized carbons (Fsp3) is 0. The smallest absolute Gasteiger partial charge is 0.337 e. The first-order valence-corrected chi connectivity index (χ1v) is 4.83. The summed E-state index contributed by atoms with van der Waals surface area (Å²) in [5.74, 6) is -1.07. The van der Waals surface area contributed by atoms with Gasteiger partial charge >= 0.3 is 5.97 Å². The van der Waals surface area contributed by atoms with Crippen molar-refractivity contribution < 1.29 is 9.90 Å². The summed E-state index contributed by atoms with van der Waals surface area (Å²) < 4.78 is 0. The van der Waals surface area contributed by atoms with Gasteiger partial charge in [-0.15, -0.1) is 0 Å². The zero-order valence-corrected chi connectivity index (χ0v) is 8.88.